The molecule has 126 valence electrons. The minimum atomic E-state index is -0.471. The summed E-state index contributed by atoms with van der Waals surface area (Å²) in [4.78, 5) is 4.95. The zero-order valence-electron chi connectivity index (χ0n) is 14.5. The third kappa shape index (κ3) is 3.90. The lowest BCUT2D eigenvalue weighted by Gasteiger charge is -2.18. The van der Waals surface area contributed by atoms with Crippen LogP contribution in [0.5, 0.6) is 0 Å². The molecule has 3 aromatic carbocycles. The van der Waals surface area contributed by atoms with Crippen LogP contribution in [0.1, 0.15) is 5.69 Å². The van der Waals surface area contributed by atoms with Crippen LogP contribution in [0.25, 0.3) is 11.3 Å². The maximum Gasteiger partial charge on any atom is 0.0705 e. The van der Waals surface area contributed by atoms with Gasteiger partial charge in [-0.15, -0.1) is 0 Å². The van der Waals surface area contributed by atoms with Gasteiger partial charge in [-0.2, -0.15) is 0 Å². The van der Waals surface area contributed by atoms with E-state index in [1.165, 1.54) is 10.6 Å². The molecule has 0 bridgehead atoms. The molecule has 0 saturated heterocycles. The predicted molar refractivity (Wildman–Crippen MR) is 112 cm³/mol. The van der Waals surface area contributed by atoms with E-state index in [1.807, 2.05) is 6.07 Å². The van der Waals surface area contributed by atoms with Gasteiger partial charge in [0.2, 0.25) is 0 Å². The van der Waals surface area contributed by atoms with Crippen molar-refractivity contribution < 1.29 is 0 Å². The van der Waals surface area contributed by atoms with Gasteiger partial charge in [0.15, 0.2) is 0 Å². The highest BCUT2D eigenvalue weighted by atomic mass is 31.1. The normalized spacial score (nSPS) is 10.8. The largest absolute Gasteiger partial charge is 0.252 e. The molecule has 0 amide bonds. The van der Waals surface area contributed by atoms with Crippen molar-refractivity contribution in [1.82, 2.24) is 4.98 Å². The van der Waals surface area contributed by atoms with Crippen LogP contribution in [0, 0.1) is 0 Å². The average Bonchev–Trinajstić information content (AvgIpc) is 2.74. The van der Waals surface area contributed by atoms with Gasteiger partial charge in [0.1, 0.15) is 0 Å². The van der Waals surface area contributed by atoms with E-state index in [0.29, 0.717) is 0 Å². The second-order valence-electron chi connectivity index (χ2n) is 6.14. The molecular weight excluding hydrogens is 333 g/mol. The Kier molecular flexibility index (Phi) is 5.19. The van der Waals surface area contributed by atoms with Crippen LogP contribution in [0.3, 0.4) is 0 Å². The first kappa shape index (κ1) is 16.7. The average molecular weight is 353 g/mol. The van der Waals surface area contributed by atoms with Crippen molar-refractivity contribution in [3.63, 3.8) is 0 Å². The van der Waals surface area contributed by atoms with E-state index in [1.54, 1.807) is 0 Å². The topological polar surface area (TPSA) is 12.9 Å². The van der Waals surface area contributed by atoms with Gasteiger partial charge in [-0.3, -0.25) is 4.98 Å². The van der Waals surface area contributed by atoms with Gasteiger partial charge in [-0.1, -0.05) is 97.1 Å². The van der Waals surface area contributed by atoms with E-state index in [4.69, 9.17) is 4.98 Å². The minimum absolute atomic E-state index is 0.471. The number of nitrogens with zero attached hydrogens (tertiary/aromatic N) is 1. The summed E-state index contributed by atoms with van der Waals surface area (Å²) in [6.45, 7) is 0. The lowest BCUT2D eigenvalue weighted by Crippen LogP contribution is -2.13. The second kappa shape index (κ2) is 8.08. The summed E-state index contributed by atoms with van der Waals surface area (Å²) in [5, 5.41) is 2.78. The van der Waals surface area contributed by atoms with E-state index >= 15 is 0 Å². The number of pyridine rings is 1. The molecule has 0 N–H and O–H groups in total. The minimum Gasteiger partial charge on any atom is -0.252 e. The highest BCUT2D eigenvalue weighted by molar-refractivity contribution is 7.72. The molecule has 0 unspecified atom stereocenters. The van der Waals surface area contributed by atoms with Crippen molar-refractivity contribution in [2.75, 3.05) is 0 Å². The van der Waals surface area contributed by atoms with Crippen molar-refractivity contribution in [3.8, 4) is 11.3 Å². The summed E-state index contributed by atoms with van der Waals surface area (Å²) in [7, 11) is -0.471. The van der Waals surface area contributed by atoms with Crippen LogP contribution >= 0.6 is 7.92 Å². The fraction of sp³-hybridized carbons (Fsp3) is 0.0417. The van der Waals surface area contributed by atoms with E-state index in [0.717, 1.165) is 23.1 Å². The Hall–Kier alpha value is -2.76. The molecule has 4 aromatic rings. The first-order chi connectivity index (χ1) is 12.9. The van der Waals surface area contributed by atoms with Crippen LogP contribution < -0.4 is 10.6 Å². The fourth-order valence-electron chi connectivity index (χ4n) is 3.05. The lowest BCUT2D eigenvalue weighted by atomic mass is 10.1. The van der Waals surface area contributed by atoms with Crippen LogP contribution in [-0.2, 0) is 6.16 Å². The van der Waals surface area contributed by atoms with E-state index in [9.17, 15) is 0 Å². The Balaban J connectivity index is 1.69. The third-order valence-corrected chi connectivity index (χ3v) is 6.82. The maximum absolute atomic E-state index is 4.95. The molecule has 0 atom stereocenters. The standard InChI is InChI=1S/C24H20NP/c1-4-11-20(12-5-1)24-18-10-13-21(25-24)19-26(22-14-6-2-7-15-22)23-16-8-3-9-17-23/h1-18H,19H2. The van der Waals surface area contributed by atoms with E-state index < -0.39 is 7.92 Å². The Labute approximate surface area is 156 Å². The summed E-state index contributed by atoms with van der Waals surface area (Å²) < 4.78 is 0. The summed E-state index contributed by atoms with van der Waals surface area (Å²) >= 11 is 0. The van der Waals surface area contributed by atoms with Gasteiger partial charge in [0.05, 0.1) is 5.69 Å². The summed E-state index contributed by atoms with van der Waals surface area (Å²) in [5.74, 6) is 0. The van der Waals surface area contributed by atoms with Crippen LogP contribution in [0.15, 0.2) is 109 Å². The quantitative estimate of drug-likeness (QED) is 0.439. The van der Waals surface area contributed by atoms with E-state index in [2.05, 4.69) is 103 Å². The number of aromatic nitrogens is 1. The smallest absolute Gasteiger partial charge is 0.0705 e. The Morgan fingerprint density at radius 3 is 1.65 bits per heavy atom. The monoisotopic (exact) mass is 353 g/mol. The molecule has 2 heteroatoms. The number of hydrogen-bond acceptors (Lipinski definition) is 1. The molecule has 4 rings (SSSR count). The molecule has 1 aromatic heterocycles. The first-order valence-electron chi connectivity index (χ1n) is 8.79. The maximum atomic E-state index is 4.95. The van der Waals surface area contributed by atoms with Crippen molar-refractivity contribution in [2.24, 2.45) is 0 Å². The molecular formula is C24H20NP. The van der Waals surface area contributed by atoms with Crippen molar-refractivity contribution in [3.05, 3.63) is 115 Å². The molecule has 0 aliphatic rings. The Morgan fingerprint density at radius 1 is 0.538 bits per heavy atom. The summed E-state index contributed by atoms with van der Waals surface area (Å²) in [6.07, 6.45) is 0.948. The molecule has 0 radical (unpaired) electrons. The predicted octanol–water partition coefficient (Wildman–Crippen LogP) is 5.38. The van der Waals surface area contributed by atoms with Gasteiger partial charge in [0, 0.05) is 17.4 Å². The molecule has 0 fully saturated rings. The Bertz CT molecular complexity index is 913. The lowest BCUT2D eigenvalue weighted by molar-refractivity contribution is 1.18. The fourth-order valence-corrected chi connectivity index (χ4v) is 5.27. The SMILES string of the molecule is c1ccc(-c2cccc(CP(c3ccccc3)c3ccccc3)n2)cc1. The molecule has 1 heterocycles. The van der Waals surface area contributed by atoms with Gasteiger partial charge in [-0.05, 0) is 30.7 Å². The van der Waals surface area contributed by atoms with Crippen LogP contribution in [-0.4, -0.2) is 4.98 Å². The second-order valence-corrected chi connectivity index (χ2v) is 8.34. The Morgan fingerprint density at radius 2 is 1.08 bits per heavy atom. The van der Waals surface area contributed by atoms with Crippen LogP contribution in [0.4, 0.5) is 0 Å². The van der Waals surface area contributed by atoms with Gasteiger partial charge >= 0.3 is 0 Å². The molecule has 0 saturated carbocycles. The summed E-state index contributed by atoms with van der Waals surface area (Å²) in [6, 6.07) is 38.4. The number of rotatable bonds is 5. The molecule has 0 aliphatic heterocycles. The summed E-state index contributed by atoms with van der Waals surface area (Å²) in [5.41, 5.74) is 3.35. The zero-order valence-corrected chi connectivity index (χ0v) is 15.4. The third-order valence-electron chi connectivity index (χ3n) is 4.33. The van der Waals surface area contributed by atoms with Crippen LogP contribution in [0.2, 0.25) is 0 Å². The number of hydrogen-bond donors (Lipinski definition) is 0. The highest BCUT2D eigenvalue weighted by Gasteiger charge is 2.15. The van der Waals surface area contributed by atoms with Gasteiger partial charge in [-0.25, -0.2) is 0 Å². The molecule has 1 nitrogen and oxygen atoms in total. The van der Waals surface area contributed by atoms with Gasteiger partial charge in [0.25, 0.3) is 0 Å². The first-order valence-corrected chi connectivity index (χ1v) is 10.3. The molecule has 26 heavy (non-hydrogen) atoms. The van der Waals surface area contributed by atoms with Crippen molar-refractivity contribution in [1.29, 1.82) is 0 Å². The number of benzene rings is 3. The molecule has 0 aliphatic carbocycles. The van der Waals surface area contributed by atoms with E-state index in [-0.39, 0.29) is 0 Å². The highest BCUT2D eigenvalue weighted by Crippen LogP contribution is 2.37. The van der Waals surface area contributed by atoms with Gasteiger partial charge < -0.3 is 0 Å². The molecule has 0 spiro atoms. The zero-order chi connectivity index (χ0) is 17.6. The van der Waals surface area contributed by atoms with Crippen molar-refractivity contribution in [2.45, 2.75) is 6.16 Å². The van der Waals surface area contributed by atoms with Crippen molar-refractivity contribution >= 4 is 18.5 Å².